The molecular weight excluding hydrogens is 386 g/mol. The number of ether oxygens (including phenoxy) is 3. The van der Waals surface area contributed by atoms with Gasteiger partial charge in [-0.3, -0.25) is 4.79 Å². The van der Waals surface area contributed by atoms with Crippen molar-refractivity contribution >= 4 is 33.7 Å². The van der Waals surface area contributed by atoms with Gasteiger partial charge in [0.05, 0.1) is 30.7 Å². The normalized spacial score (nSPS) is 11.9. The quantitative estimate of drug-likeness (QED) is 0.511. The first-order chi connectivity index (χ1) is 13.1. The number of fused-ring (bicyclic) bond motifs is 1. The molecule has 0 saturated carbocycles. The lowest BCUT2D eigenvalue weighted by Gasteiger charge is -2.12. The minimum atomic E-state index is -0.209. The van der Waals surface area contributed by atoms with Gasteiger partial charge in [0.15, 0.2) is 17.3 Å². The SMILES string of the molecule is COc1cc(/C=c2\sc3nc(-c4cccs4)nn3c2=O)cc(OC)c1OC. The van der Waals surface area contributed by atoms with Crippen molar-refractivity contribution in [1.82, 2.24) is 14.6 Å². The molecule has 3 aromatic heterocycles. The van der Waals surface area contributed by atoms with Gasteiger partial charge in [-0.15, -0.1) is 16.4 Å². The number of aromatic nitrogens is 3. The Bertz CT molecular complexity index is 1190. The summed E-state index contributed by atoms with van der Waals surface area (Å²) in [5.41, 5.74) is 0.545. The molecule has 4 aromatic rings. The predicted molar refractivity (Wildman–Crippen MR) is 105 cm³/mol. The van der Waals surface area contributed by atoms with E-state index in [1.165, 1.54) is 27.2 Å². The van der Waals surface area contributed by atoms with E-state index in [0.29, 0.717) is 32.6 Å². The molecule has 9 heteroatoms. The van der Waals surface area contributed by atoms with Crippen LogP contribution in [0, 0.1) is 0 Å². The van der Waals surface area contributed by atoms with Crippen LogP contribution in [0.15, 0.2) is 34.4 Å². The van der Waals surface area contributed by atoms with Gasteiger partial charge in [-0.05, 0) is 35.2 Å². The molecule has 0 aliphatic rings. The van der Waals surface area contributed by atoms with Gasteiger partial charge in [-0.1, -0.05) is 17.4 Å². The largest absolute Gasteiger partial charge is 0.493 e. The molecule has 0 atom stereocenters. The summed E-state index contributed by atoms with van der Waals surface area (Å²) < 4.78 is 17.9. The molecule has 0 aliphatic heterocycles. The van der Waals surface area contributed by atoms with Crippen LogP contribution < -0.4 is 24.3 Å². The second kappa shape index (κ2) is 7.01. The molecule has 0 fully saturated rings. The molecular formula is C18H15N3O4S2. The minimum absolute atomic E-state index is 0.209. The Balaban J connectivity index is 1.83. The van der Waals surface area contributed by atoms with E-state index < -0.39 is 0 Å². The topological polar surface area (TPSA) is 75.0 Å². The summed E-state index contributed by atoms with van der Waals surface area (Å²) in [5.74, 6) is 2.11. The highest BCUT2D eigenvalue weighted by molar-refractivity contribution is 7.15. The van der Waals surface area contributed by atoms with Gasteiger partial charge in [0, 0.05) is 0 Å². The molecule has 0 amide bonds. The van der Waals surface area contributed by atoms with Gasteiger partial charge in [0.25, 0.3) is 5.56 Å². The maximum atomic E-state index is 12.7. The first-order valence-electron chi connectivity index (χ1n) is 7.89. The molecule has 1 aromatic carbocycles. The Morgan fingerprint density at radius 1 is 1.11 bits per heavy atom. The third-order valence-electron chi connectivity index (χ3n) is 3.91. The molecule has 3 heterocycles. The number of thiazole rings is 1. The summed E-state index contributed by atoms with van der Waals surface area (Å²) in [4.78, 5) is 18.7. The summed E-state index contributed by atoms with van der Waals surface area (Å²) in [6.45, 7) is 0. The zero-order valence-corrected chi connectivity index (χ0v) is 16.4. The van der Waals surface area contributed by atoms with Gasteiger partial charge < -0.3 is 14.2 Å². The monoisotopic (exact) mass is 401 g/mol. The number of hydrogen-bond acceptors (Lipinski definition) is 8. The fourth-order valence-electron chi connectivity index (χ4n) is 2.68. The Kier molecular flexibility index (Phi) is 4.54. The Morgan fingerprint density at radius 2 is 1.85 bits per heavy atom. The Morgan fingerprint density at radius 3 is 2.41 bits per heavy atom. The molecule has 0 unspecified atom stereocenters. The van der Waals surface area contributed by atoms with Gasteiger partial charge in [0.2, 0.25) is 10.7 Å². The maximum Gasteiger partial charge on any atom is 0.291 e. The molecule has 0 spiro atoms. The number of thiophene rings is 1. The average molecular weight is 401 g/mol. The second-order valence-corrected chi connectivity index (χ2v) is 7.44. The third kappa shape index (κ3) is 3.04. The number of nitrogens with zero attached hydrogens (tertiary/aromatic N) is 3. The number of hydrogen-bond donors (Lipinski definition) is 0. The van der Waals surface area contributed by atoms with Crippen LogP contribution in [0.25, 0.3) is 21.7 Å². The van der Waals surface area contributed by atoms with Gasteiger partial charge in [0.1, 0.15) is 0 Å². The molecule has 4 rings (SSSR count). The second-order valence-electron chi connectivity index (χ2n) is 5.48. The highest BCUT2D eigenvalue weighted by Gasteiger charge is 2.15. The summed E-state index contributed by atoms with van der Waals surface area (Å²) in [6.07, 6.45) is 1.76. The molecule has 0 N–H and O–H groups in total. The lowest BCUT2D eigenvalue weighted by molar-refractivity contribution is 0.324. The summed E-state index contributed by atoms with van der Waals surface area (Å²) in [5, 5.41) is 6.29. The highest BCUT2D eigenvalue weighted by atomic mass is 32.1. The van der Waals surface area contributed by atoms with Crippen molar-refractivity contribution in [2.24, 2.45) is 0 Å². The van der Waals surface area contributed by atoms with Crippen molar-refractivity contribution < 1.29 is 14.2 Å². The Labute approximate surface area is 162 Å². The lowest BCUT2D eigenvalue weighted by atomic mass is 10.1. The van der Waals surface area contributed by atoms with E-state index in [-0.39, 0.29) is 5.56 Å². The van der Waals surface area contributed by atoms with Crippen LogP contribution in [0.4, 0.5) is 0 Å². The number of benzene rings is 1. The minimum Gasteiger partial charge on any atom is -0.493 e. The van der Waals surface area contributed by atoms with E-state index in [0.717, 1.165) is 10.4 Å². The van der Waals surface area contributed by atoms with Crippen molar-refractivity contribution in [2.45, 2.75) is 0 Å². The number of rotatable bonds is 5. The van der Waals surface area contributed by atoms with Crippen LogP contribution in [-0.2, 0) is 0 Å². The van der Waals surface area contributed by atoms with E-state index in [9.17, 15) is 4.79 Å². The van der Waals surface area contributed by atoms with E-state index in [1.54, 1.807) is 39.5 Å². The molecule has 7 nitrogen and oxygen atoms in total. The highest BCUT2D eigenvalue weighted by Crippen LogP contribution is 2.38. The van der Waals surface area contributed by atoms with Crippen LogP contribution in [0.2, 0.25) is 0 Å². The van der Waals surface area contributed by atoms with E-state index >= 15 is 0 Å². The summed E-state index contributed by atoms with van der Waals surface area (Å²) >= 11 is 2.82. The van der Waals surface area contributed by atoms with Gasteiger partial charge in [-0.2, -0.15) is 9.50 Å². The van der Waals surface area contributed by atoms with Gasteiger partial charge >= 0.3 is 0 Å². The zero-order chi connectivity index (χ0) is 19.0. The van der Waals surface area contributed by atoms with Crippen molar-refractivity contribution in [3.05, 3.63) is 50.1 Å². The Hall–Kier alpha value is -2.91. The molecule has 0 radical (unpaired) electrons. The van der Waals surface area contributed by atoms with Crippen LogP contribution in [0.5, 0.6) is 17.2 Å². The first-order valence-corrected chi connectivity index (χ1v) is 9.59. The fourth-order valence-corrected chi connectivity index (χ4v) is 4.24. The average Bonchev–Trinajstić information content (AvgIpc) is 3.40. The summed E-state index contributed by atoms with van der Waals surface area (Å²) in [7, 11) is 4.65. The van der Waals surface area contributed by atoms with Crippen molar-refractivity contribution in [3.63, 3.8) is 0 Å². The fraction of sp³-hybridized carbons (Fsp3) is 0.167. The molecule has 0 bridgehead atoms. The van der Waals surface area contributed by atoms with E-state index in [4.69, 9.17) is 14.2 Å². The maximum absolute atomic E-state index is 12.7. The molecule has 0 saturated heterocycles. The predicted octanol–water partition coefficient (Wildman–Crippen LogP) is 2.45. The van der Waals surface area contributed by atoms with E-state index in [1.807, 2.05) is 17.5 Å². The standard InChI is InChI=1S/C18H15N3O4S2/c1-23-11-7-10(8-12(24-2)15(11)25-3)9-14-17(22)21-18(27-14)19-16(20-21)13-5-4-6-26-13/h4-9H,1-3H3/b14-9-. The third-order valence-corrected chi connectivity index (χ3v) is 5.73. The molecule has 27 heavy (non-hydrogen) atoms. The smallest absolute Gasteiger partial charge is 0.291 e. The van der Waals surface area contributed by atoms with Crippen LogP contribution in [0.3, 0.4) is 0 Å². The zero-order valence-electron chi connectivity index (χ0n) is 14.8. The van der Waals surface area contributed by atoms with Crippen LogP contribution in [-0.4, -0.2) is 35.9 Å². The van der Waals surface area contributed by atoms with Crippen LogP contribution in [0.1, 0.15) is 5.56 Å². The summed E-state index contributed by atoms with van der Waals surface area (Å²) in [6, 6.07) is 7.43. The number of methoxy groups -OCH3 is 3. The van der Waals surface area contributed by atoms with Crippen molar-refractivity contribution in [3.8, 4) is 28.0 Å². The lowest BCUT2D eigenvalue weighted by Crippen LogP contribution is -2.23. The molecule has 138 valence electrons. The van der Waals surface area contributed by atoms with Crippen LogP contribution >= 0.6 is 22.7 Å². The van der Waals surface area contributed by atoms with Gasteiger partial charge in [-0.25, -0.2) is 0 Å². The van der Waals surface area contributed by atoms with Crippen molar-refractivity contribution in [2.75, 3.05) is 21.3 Å². The van der Waals surface area contributed by atoms with E-state index in [2.05, 4.69) is 10.1 Å². The molecule has 0 aliphatic carbocycles. The first kappa shape index (κ1) is 17.5. The van der Waals surface area contributed by atoms with Crippen molar-refractivity contribution in [1.29, 1.82) is 0 Å².